The zero-order valence-electron chi connectivity index (χ0n) is 13.7. The number of likely N-dealkylation sites (N-methyl/N-ethyl adjacent to an activating group) is 2. The molecular formula is C17H28ClN3. The molecule has 21 heavy (non-hydrogen) atoms. The lowest BCUT2D eigenvalue weighted by Gasteiger charge is -2.29. The van der Waals surface area contributed by atoms with Crippen molar-refractivity contribution in [2.75, 3.05) is 38.6 Å². The monoisotopic (exact) mass is 309 g/mol. The summed E-state index contributed by atoms with van der Waals surface area (Å²) in [5.74, 6) is 0. The van der Waals surface area contributed by atoms with Crippen molar-refractivity contribution in [2.45, 2.75) is 38.8 Å². The summed E-state index contributed by atoms with van der Waals surface area (Å²) in [5.41, 5.74) is 2.36. The Kier molecular flexibility index (Phi) is 5.91. The van der Waals surface area contributed by atoms with E-state index in [0.717, 1.165) is 23.8 Å². The first-order valence-corrected chi connectivity index (χ1v) is 8.36. The van der Waals surface area contributed by atoms with Crippen LogP contribution in [0.3, 0.4) is 0 Å². The smallest absolute Gasteiger partial charge is 0.0642 e. The quantitative estimate of drug-likeness (QED) is 0.867. The molecule has 2 unspecified atom stereocenters. The lowest BCUT2D eigenvalue weighted by Crippen LogP contribution is -2.38. The largest absolute Gasteiger partial charge is 0.372 e. The van der Waals surface area contributed by atoms with Gasteiger partial charge in [0.15, 0.2) is 0 Å². The molecule has 1 heterocycles. The van der Waals surface area contributed by atoms with Crippen LogP contribution in [-0.2, 0) is 0 Å². The number of nitrogens with zero attached hydrogens (tertiary/aromatic N) is 2. The molecule has 2 rings (SSSR count). The van der Waals surface area contributed by atoms with E-state index in [0.29, 0.717) is 12.1 Å². The number of halogens is 1. The van der Waals surface area contributed by atoms with E-state index < -0.39 is 0 Å². The minimum atomic E-state index is 0.326. The molecule has 0 aromatic heterocycles. The predicted molar refractivity (Wildman–Crippen MR) is 92.5 cm³/mol. The molecule has 0 aliphatic carbocycles. The Labute approximate surface area is 134 Å². The van der Waals surface area contributed by atoms with E-state index in [2.05, 4.69) is 54.2 Å². The molecule has 1 aromatic carbocycles. The molecule has 1 aromatic rings. The van der Waals surface area contributed by atoms with Gasteiger partial charge in [-0.05, 0) is 57.6 Å². The highest BCUT2D eigenvalue weighted by Gasteiger charge is 2.24. The highest BCUT2D eigenvalue weighted by Crippen LogP contribution is 2.29. The van der Waals surface area contributed by atoms with Crippen LogP contribution in [0.5, 0.6) is 0 Å². The van der Waals surface area contributed by atoms with Crippen molar-refractivity contribution in [1.82, 2.24) is 10.2 Å². The van der Waals surface area contributed by atoms with Crippen LogP contribution in [0.4, 0.5) is 5.69 Å². The van der Waals surface area contributed by atoms with E-state index in [4.69, 9.17) is 11.6 Å². The average molecular weight is 310 g/mol. The van der Waals surface area contributed by atoms with Gasteiger partial charge in [0, 0.05) is 25.7 Å². The molecule has 0 spiro atoms. The maximum Gasteiger partial charge on any atom is 0.0642 e. The van der Waals surface area contributed by atoms with Crippen LogP contribution >= 0.6 is 11.6 Å². The average Bonchev–Trinajstić information content (AvgIpc) is 2.93. The molecule has 0 bridgehead atoms. The zero-order chi connectivity index (χ0) is 15.4. The summed E-state index contributed by atoms with van der Waals surface area (Å²) in [7, 11) is 4.12. The van der Waals surface area contributed by atoms with Gasteiger partial charge in [-0.15, -0.1) is 0 Å². The van der Waals surface area contributed by atoms with Crippen molar-refractivity contribution in [1.29, 1.82) is 0 Å². The van der Waals surface area contributed by atoms with Gasteiger partial charge in [-0.1, -0.05) is 24.6 Å². The Balaban J connectivity index is 2.07. The third-order valence-electron chi connectivity index (χ3n) is 4.71. The first-order valence-electron chi connectivity index (χ1n) is 7.98. The van der Waals surface area contributed by atoms with Gasteiger partial charge in [0.2, 0.25) is 0 Å². The van der Waals surface area contributed by atoms with Gasteiger partial charge in [0.05, 0.1) is 10.7 Å². The molecule has 4 heteroatoms. The van der Waals surface area contributed by atoms with E-state index in [-0.39, 0.29) is 0 Å². The molecular weight excluding hydrogens is 282 g/mol. The van der Waals surface area contributed by atoms with Crippen LogP contribution in [-0.4, -0.2) is 44.7 Å². The van der Waals surface area contributed by atoms with Crippen molar-refractivity contribution in [3.8, 4) is 0 Å². The summed E-state index contributed by atoms with van der Waals surface area (Å²) in [6.07, 6.45) is 2.61. The number of rotatable bonds is 6. The zero-order valence-corrected chi connectivity index (χ0v) is 14.5. The number of likely N-dealkylation sites (tertiary alicyclic amines) is 1. The van der Waals surface area contributed by atoms with Crippen LogP contribution in [0.25, 0.3) is 0 Å². The van der Waals surface area contributed by atoms with Crippen LogP contribution in [0.2, 0.25) is 5.02 Å². The van der Waals surface area contributed by atoms with E-state index in [1.165, 1.54) is 24.9 Å². The molecule has 1 aliphatic heterocycles. The second kappa shape index (κ2) is 7.48. The van der Waals surface area contributed by atoms with Gasteiger partial charge in [0.1, 0.15) is 0 Å². The molecule has 1 aliphatic rings. The van der Waals surface area contributed by atoms with Crippen molar-refractivity contribution in [2.24, 2.45) is 0 Å². The maximum atomic E-state index is 6.50. The lowest BCUT2D eigenvalue weighted by molar-refractivity contribution is 0.270. The second-order valence-electron chi connectivity index (χ2n) is 6.03. The highest BCUT2D eigenvalue weighted by molar-refractivity contribution is 6.33. The summed E-state index contributed by atoms with van der Waals surface area (Å²) in [6.45, 7) is 7.83. The summed E-state index contributed by atoms with van der Waals surface area (Å²) in [4.78, 5) is 4.87. The normalized spacial score (nSPS) is 20.7. The molecule has 1 saturated heterocycles. The Morgan fingerprint density at radius 2 is 2.24 bits per heavy atom. The van der Waals surface area contributed by atoms with Gasteiger partial charge in [-0.25, -0.2) is 0 Å². The highest BCUT2D eigenvalue weighted by atomic mass is 35.5. The predicted octanol–water partition coefficient (Wildman–Crippen LogP) is 3.54. The summed E-state index contributed by atoms with van der Waals surface area (Å²) >= 11 is 6.50. The van der Waals surface area contributed by atoms with Gasteiger partial charge in [0.25, 0.3) is 0 Å². The number of nitrogens with one attached hydrogen (secondary N) is 1. The maximum absolute atomic E-state index is 6.50. The summed E-state index contributed by atoms with van der Waals surface area (Å²) < 4.78 is 0. The molecule has 0 amide bonds. The minimum absolute atomic E-state index is 0.326. The van der Waals surface area contributed by atoms with E-state index in [9.17, 15) is 0 Å². The lowest BCUT2D eigenvalue weighted by atomic mass is 10.1. The van der Waals surface area contributed by atoms with Gasteiger partial charge >= 0.3 is 0 Å². The molecule has 1 N–H and O–H groups in total. The van der Waals surface area contributed by atoms with E-state index in [1.54, 1.807) is 0 Å². The van der Waals surface area contributed by atoms with Crippen molar-refractivity contribution < 1.29 is 0 Å². The molecule has 2 atom stereocenters. The third kappa shape index (κ3) is 3.91. The van der Waals surface area contributed by atoms with Crippen LogP contribution in [0.15, 0.2) is 18.2 Å². The topological polar surface area (TPSA) is 18.5 Å². The minimum Gasteiger partial charge on any atom is -0.372 e. The summed E-state index contributed by atoms with van der Waals surface area (Å²) in [6, 6.07) is 7.39. The fourth-order valence-corrected chi connectivity index (χ4v) is 3.53. The van der Waals surface area contributed by atoms with Crippen LogP contribution in [0, 0.1) is 0 Å². The standard InChI is InChI=1S/C17H28ClN3/c1-5-21-10-6-7-15(21)12-20(4)17-9-8-14(11-16(17)18)13(2)19-3/h8-9,11,13,15,19H,5-7,10,12H2,1-4H3. The van der Waals surface area contributed by atoms with E-state index >= 15 is 0 Å². The molecule has 0 saturated carbocycles. The van der Waals surface area contributed by atoms with Crippen molar-refractivity contribution >= 4 is 17.3 Å². The van der Waals surface area contributed by atoms with Gasteiger partial charge < -0.3 is 10.2 Å². The Bertz CT molecular complexity index is 463. The SMILES string of the molecule is CCN1CCCC1CN(C)c1ccc(C(C)NC)cc1Cl. The fourth-order valence-electron chi connectivity index (χ4n) is 3.20. The molecule has 1 fully saturated rings. The first-order chi connectivity index (χ1) is 10.1. The van der Waals surface area contributed by atoms with Gasteiger partial charge in [-0.2, -0.15) is 0 Å². The third-order valence-corrected chi connectivity index (χ3v) is 5.01. The summed E-state index contributed by atoms with van der Waals surface area (Å²) in [5, 5.41) is 4.10. The Morgan fingerprint density at radius 3 is 2.86 bits per heavy atom. The first kappa shape index (κ1) is 16.6. The molecule has 3 nitrogen and oxygen atoms in total. The van der Waals surface area contributed by atoms with Crippen molar-refractivity contribution in [3.63, 3.8) is 0 Å². The molecule has 0 radical (unpaired) electrons. The number of benzene rings is 1. The van der Waals surface area contributed by atoms with Crippen LogP contribution < -0.4 is 10.2 Å². The second-order valence-corrected chi connectivity index (χ2v) is 6.43. The fraction of sp³-hybridized carbons (Fsp3) is 0.647. The number of anilines is 1. The van der Waals surface area contributed by atoms with E-state index in [1.807, 2.05) is 7.05 Å². The van der Waals surface area contributed by atoms with Crippen LogP contribution in [0.1, 0.15) is 38.3 Å². The Hall–Kier alpha value is -0.770. The number of hydrogen-bond acceptors (Lipinski definition) is 3. The van der Waals surface area contributed by atoms with Gasteiger partial charge in [-0.3, -0.25) is 4.90 Å². The number of hydrogen-bond donors (Lipinski definition) is 1. The Morgan fingerprint density at radius 1 is 1.48 bits per heavy atom. The van der Waals surface area contributed by atoms with Crippen molar-refractivity contribution in [3.05, 3.63) is 28.8 Å². The molecule has 118 valence electrons.